The largest absolute Gasteiger partial charge is 0.384 e. The molecule has 0 spiro atoms. The van der Waals surface area contributed by atoms with Crippen LogP contribution in [0.5, 0.6) is 0 Å². The summed E-state index contributed by atoms with van der Waals surface area (Å²) in [6.45, 7) is 8.42. The predicted molar refractivity (Wildman–Crippen MR) is 88.2 cm³/mol. The van der Waals surface area contributed by atoms with Crippen molar-refractivity contribution in [1.29, 1.82) is 0 Å². The van der Waals surface area contributed by atoms with E-state index in [0.29, 0.717) is 5.92 Å². The van der Waals surface area contributed by atoms with Gasteiger partial charge in [-0.05, 0) is 53.6 Å². The van der Waals surface area contributed by atoms with Gasteiger partial charge in [-0.25, -0.2) is 0 Å². The normalized spacial score (nSPS) is 12.8. The minimum Gasteiger partial charge on any atom is -0.384 e. The van der Waals surface area contributed by atoms with Gasteiger partial charge in [0.05, 0.1) is 0 Å². The van der Waals surface area contributed by atoms with Gasteiger partial charge < -0.3 is 5.11 Å². The highest BCUT2D eigenvalue weighted by Crippen LogP contribution is 2.30. The van der Waals surface area contributed by atoms with Crippen LogP contribution in [0.15, 0.2) is 40.9 Å². The minimum absolute atomic E-state index is 0.512. The third-order valence-electron chi connectivity index (χ3n) is 3.76. The van der Waals surface area contributed by atoms with Gasteiger partial charge in [0, 0.05) is 4.47 Å². The van der Waals surface area contributed by atoms with Crippen LogP contribution in [0.2, 0.25) is 0 Å². The average molecular weight is 333 g/mol. The van der Waals surface area contributed by atoms with Gasteiger partial charge in [-0.2, -0.15) is 0 Å². The Morgan fingerprint density at radius 2 is 1.45 bits per heavy atom. The van der Waals surface area contributed by atoms with Gasteiger partial charge in [0.25, 0.3) is 0 Å². The van der Waals surface area contributed by atoms with Gasteiger partial charge in [0.15, 0.2) is 0 Å². The van der Waals surface area contributed by atoms with Gasteiger partial charge in [-0.15, -0.1) is 0 Å². The summed E-state index contributed by atoms with van der Waals surface area (Å²) < 4.78 is 1.08. The fourth-order valence-electron chi connectivity index (χ4n) is 2.34. The summed E-state index contributed by atoms with van der Waals surface area (Å²) in [5, 5.41) is 10.6. The summed E-state index contributed by atoms with van der Waals surface area (Å²) in [5.41, 5.74) is 5.46. The van der Waals surface area contributed by atoms with E-state index in [1.165, 1.54) is 5.56 Å². The van der Waals surface area contributed by atoms with Crippen molar-refractivity contribution >= 4 is 15.9 Å². The number of rotatable bonds is 3. The Balaban J connectivity index is 2.36. The molecule has 1 N–H and O–H groups in total. The molecule has 0 aromatic heterocycles. The third-order valence-corrected chi connectivity index (χ3v) is 4.62. The molecule has 2 aromatic rings. The lowest BCUT2D eigenvalue weighted by Gasteiger charge is -2.17. The standard InChI is InChI=1S/C18H21BrO/c1-11(2)14-5-7-15(8-6-14)18(20)16-9-13(4)17(19)10-12(16)3/h5-11,18,20H,1-4H3. The molecule has 0 bridgehead atoms. The van der Waals surface area contributed by atoms with E-state index in [2.05, 4.69) is 54.0 Å². The summed E-state index contributed by atoms with van der Waals surface area (Å²) in [7, 11) is 0. The molecule has 1 unspecified atom stereocenters. The maximum Gasteiger partial charge on any atom is 0.104 e. The average Bonchev–Trinajstić information content (AvgIpc) is 2.42. The van der Waals surface area contributed by atoms with Crippen LogP contribution in [0.1, 0.15) is 53.7 Å². The van der Waals surface area contributed by atoms with Crippen molar-refractivity contribution in [2.24, 2.45) is 0 Å². The number of aryl methyl sites for hydroxylation is 2. The van der Waals surface area contributed by atoms with Crippen LogP contribution in [0.25, 0.3) is 0 Å². The summed E-state index contributed by atoms with van der Waals surface area (Å²) >= 11 is 3.53. The number of hydrogen-bond donors (Lipinski definition) is 1. The number of halogens is 1. The summed E-state index contributed by atoms with van der Waals surface area (Å²) in [6.07, 6.45) is -0.567. The Hall–Kier alpha value is -1.12. The number of benzene rings is 2. The zero-order valence-electron chi connectivity index (χ0n) is 12.4. The zero-order chi connectivity index (χ0) is 14.9. The fourth-order valence-corrected chi connectivity index (χ4v) is 2.80. The van der Waals surface area contributed by atoms with E-state index in [0.717, 1.165) is 26.7 Å². The highest BCUT2D eigenvalue weighted by molar-refractivity contribution is 9.10. The van der Waals surface area contributed by atoms with E-state index in [-0.39, 0.29) is 0 Å². The summed E-state index contributed by atoms with van der Waals surface area (Å²) in [6, 6.07) is 12.4. The van der Waals surface area contributed by atoms with Crippen LogP contribution in [0, 0.1) is 13.8 Å². The lowest BCUT2D eigenvalue weighted by Crippen LogP contribution is -2.03. The molecule has 0 aliphatic carbocycles. The second kappa shape index (κ2) is 6.11. The second-order valence-corrected chi connectivity index (χ2v) is 6.54. The Labute approximate surface area is 129 Å². The van der Waals surface area contributed by atoms with Gasteiger partial charge >= 0.3 is 0 Å². The van der Waals surface area contributed by atoms with Crippen molar-refractivity contribution in [3.63, 3.8) is 0 Å². The molecule has 0 aliphatic heterocycles. The van der Waals surface area contributed by atoms with Crippen molar-refractivity contribution in [3.05, 3.63) is 68.7 Å². The van der Waals surface area contributed by atoms with Crippen LogP contribution in [-0.2, 0) is 0 Å². The minimum atomic E-state index is -0.567. The first-order valence-electron chi connectivity index (χ1n) is 6.94. The molecule has 106 valence electrons. The molecule has 0 amide bonds. The van der Waals surface area contributed by atoms with Crippen molar-refractivity contribution in [2.45, 2.75) is 39.7 Å². The van der Waals surface area contributed by atoms with Crippen LogP contribution in [-0.4, -0.2) is 5.11 Å². The second-order valence-electron chi connectivity index (χ2n) is 5.68. The molecule has 20 heavy (non-hydrogen) atoms. The van der Waals surface area contributed by atoms with Crippen molar-refractivity contribution < 1.29 is 5.11 Å². The van der Waals surface area contributed by atoms with Gasteiger partial charge in [0.2, 0.25) is 0 Å². The Morgan fingerprint density at radius 3 is 2.00 bits per heavy atom. The molecule has 1 atom stereocenters. The lowest BCUT2D eigenvalue weighted by molar-refractivity contribution is 0.219. The van der Waals surface area contributed by atoms with Gasteiger partial charge in [0.1, 0.15) is 6.10 Å². The molecule has 0 radical (unpaired) electrons. The van der Waals surface area contributed by atoms with E-state index in [1.54, 1.807) is 0 Å². The van der Waals surface area contributed by atoms with E-state index >= 15 is 0 Å². The fraction of sp³-hybridized carbons (Fsp3) is 0.333. The highest BCUT2D eigenvalue weighted by Gasteiger charge is 2.14. The van der Waals surface area contributed by atoms with Crippen molar-refractivity contribution in [2.75, 3.05) is 0 Å². The highest BCUT2D eigenvalue weighted by atomic mass is 79.9. The first kappa shape index (κ1) is 15.3. The van der Waals surface area contributed by atoms with E-state index in [1.807, 2.05) is 26.0 Å². The number of hydrogen-bond acceptors (Lipinski definition) is 1. The lowest BCUT2D eigenvalue weighted by atomic mass is 9.94. The van der Waals surface area contributed by atoms with Crippen LogP contribution < -0.4 is 0 Å². The Bertz CT molecular complexity index is 600. The third kappa shape index (κ3) is 3.13. The van der Waals surface area contributed by atoms with Crippen LogP contribution >= 0.6 is 15.9 Å². The summed E-state index contributed by atoms with van der Waals surface area (Å²) in [4.78, 5) is 0. The Kier molecular flexibility index (Phi) is 4.66. The maximum atomic E-state index is 10.6. The zero-order valence-corrected chi connectivity index (χ0v) is 14.0. The first-order chi connectivity index (χ1) is 9.40. The molecule has 2 heteroatoms. The van der Waals surface area contributed by atoms with Gasteiger partial charge in [-0.1, -0.05) is 60.1 Å². The molecule has 1 nitrogen and oxygen atoms in total. The van der Waals surface area contributed by atoms with Crippen LogP contribution in [0.3, 0.4) is 0 Å². The van der Waals surface area contributed by atoms with Crippen LogP contribution in [0.4, 0.5) is 0 Å². The van der Waals surface area contributed by atoms with E-state index in [9.17, 15) is 5.11 Å². The molecule has 0 heterocycles. The SMILES string of the molecule is Cc1cc(C(O)c2ccc(C(C)C)cc2)c(C)cc1Br. The molecule has 0 fully saturated rings. The van der Waals surface area contributed by atoms with Crippen molar-refractivity contribution in [3.8, 4) is 0 Å². The Morgan fingerprint density at radius 1 is 0.900 bits per heavy atom. The maximum absolute atomic E-state index is 10.6. The van der Waals surface area contributed by atoms with E-state index < -0.39 is 6.10 Å². The molecule has 0 saturated carbocycles. The quantitative estimate of drug-likeness (QED) is 0.811. The summed E-state index contributed by atoms with van der Waals surface area (Å²) in [5.74, 6) is 0.512. The van der Waals surface area contributed by atoms with Crippen molar-refractivity contribution in [1.82, 2.24) is 0 Å². The number of aliphatic hydroxyl groups is 1. The predicted octanol–water partition coefficient (Wildman–Crippen LogP) is 5.27. The molecule has 0 aliphatic rings. The monoisotopic (exact) mass is 332 g/mol. The van der Waals surface area contributed by atoms with Gasteiger partial charge in [-0.3, -0.25) is 0 Å². The molecule has 2 aromatic carbocycles. The molecular formula is C18H21BrO. The smallest absolute Gasteiger partial charge is 0.104 e. The molecule has 2 rings (SSSR count). The first-order valence-corrected chi connectivity index (χ1v) is 7.74. The van der Waals surface area contributed by atoms with E-state index in [4.69, 9.17) is 0 Å². The molecular weight excluding hydrogens is 312 g/mol. The topological polar surface area (TPSA) is 20.2 Å². The molecule has 0 saturated heterocycles. The number of aliphatic hydroxyl groups excluding tert-OH is 1.